The van der Waals surface area contributed by atoms with E-state index in [1.165, 1.54) is 0 Å². The molecule has 0 saturated carbocycles. The van der Waals surface area contributed by atoms with Crippen molar-refractivity contribution in [1.29, 1.82) is 0 Å². The molecule has 11 nitrogen and oxygen atoms in total. The Balaban J connectivity index is 5.15. The molecule has 0 aromatic carbocycles. The van der Waals surface area contributed by atoms with Crippen LogP contribution in [0.3, 0.4) is 0 Å². The van der Waals surface area contributed by atoms with Crippen molar-refractivity contribution in [2.24, 2.45) is 23.1 Å². The fraction of sp³-hybridized carbons (Fsp3) is 0.688. The first-order valence-corrected chi connectivity index (χ1v) is 8.65. The summed E-state index contributed by atoms with van der Waals surface area (Å²) in [6.45, 7) is 3.62. The summed E-state index contributed by atoms with van der Waals surface area (Å²) in [4.78, 5) is 57.7. The van der Waals surface area contributed by atoms with Crippen molar-refractivity contribution in [3.05, 3.63) is 0 Å². The molecule has 0 fully saturated rings. The summed E-state index contributed by atoms with van der Waals surface area (Å²) >= 11 is 0. The maximum Gasteiger partial charge on any atom is 0.326 e. The average Bonchev–Trinajstić information content (AvgIpc) is 2.59. The zero-order chi connectivity index (χ0) is 21.1. The molecule has 0 heterocycles. The van der Waals surface area contributed by atoms with Gasteiger partial charge < -0.3 is 32.9 Å². The van der Waals surface area contributed by atoms with Crippen LogP contribution in [-0.2, 0) is 24.0 Å². The standard InChI is InChI=1S/C16H29N5O6/c1-3-8(2)13(19)15(25)20-9(4-6-11(17)22)14(24)21-10(16(26)27)5-7-12(18)23/h8-10,13H,3-7,19H2,1-2H3,(H2,17,22)(H2,18,23)(H,20,25)(H,21,24)(H,26,27)/t8-,9-,10-,13-/m0/s1. The van der Waals surface area contributed by atoms with Crippen LogP contribution in [0.15, 0.2) is 0 Å². The Labute approximate surface area is 157 Å². The van der Waals surface area contributed by atoms with Gasteiger partial charge in [0, 0.05) is 12.8 Å². The van der Waals surface area contributed by atoms with Gasteiger partial charge in [-0.15, -0.1) is 0 Å². The van der Waals surface area contributed by atoms with Gasteiger partial charge in [0.25, 0.3) is 0 Å². The van der Waals surface area contributed by atoms with Gasteiger partial charge in [-0.3, -0.25) is 19.2 Å². The molecule has 0 aliphatic rings. The van der Waals surface area contributed by atoms with Crippen molar-refractivity contribution in [2.75, 3.05) is 0 Å². The summed E-state index contributed by atoms with van der Waals surface area (Å²) in [5.74, 6) is -4.32. The Bertz CT molecular complexity index is 568. The minimum absolute atomic E-state index is 0.123. The number of amides is 4. The second-order valence-electron chi connectivity index (χ2n) is 6.38. The van der Waals surface area contributed by atoms with Crippen molar-refractivity contribution < 1.29 is 29.1 Å². The third-order valence-corrected chi connectivity index (χ3v) is 4.17. The summed E-state index contributed by atoms with van der Waals surface area (Å²) in [6.07, 6.45) is -0.132. The van der Waals surface area contributed by atoms with E-state index in [0.717, 1.165) is 0 Å². The van der Waals surface area contributed by atoms with Crippen molar-refractivity contribution in [3.8, 4) is 0 Å². The number of nitrogens with two attached hydrogens (primary N) is 3. The van der Waals surface area contributed by atoms with Gasteiger partial charge in [-0.2, -0.15) is 0 Å². The van der Waals surface area contributed by atoms with Gasteiger partial charge >= 0.3 is 5.97 Å². The van der Waals surface area contributed by atoms with Gasteiger partial charge in [0.05, 0.1) is 6.04 Å². The van der Waals surface area contributed by atoms with E-state index in [0.29, 0.717) is 6.42 Å². The van der Waals surface area contributed by atoms with E-state index < -0.39 is 47.7 Å². The lowest BCUT2D eigenvalue weighted by Crippen LogP contribution is -2.55. The Morgan fingerprint density at radius 1 is 0.889 bits per heavy atom. The molecule has 154 valence electrons. The SMILES string of the molecule is CC[C@H](C)[C@H](N)C(=O)N[C@@H](CCC(N)=O)C(=O)N[C@@H](CCC(N)=O)C(=O)O. The van der Waals surface area contributed by atoms with E-state index in [2.05, 4.69) is 10.6 Å². The number of carboxylic acids is 1. The highest BCUT2D eigenvalue weighted by Crippen LogP contribution is 2.07. The maximum atomic E-state index is 12.4. The van der Waals surface area contributed by atoms with E-state index in [1.54, 1.807) is 6.92 Å². The van der Waals surface area contributed by atoms with E-state index in [4.69, 9.17) is 22.3 Å². The molecule has 0 bridgehead atoms. The smallest absolute Gasteiger partial charge is 0.326 e. The highest BCUT2D eigenvalue weighted by atomic mass is 16.4. The molecule has 0 rings (SSSR count). The molecule has 11 heteroatoms. The molecule has 9 N–H and O–H groups in total. The van der Waals surface area contributed by atoms with Gasteiger partial charge in [-0.1, -0.05) is 20.3 Å². The van der Waals surface area contributed by atoms with Crippen LogP contribution in [0.1, 0.15) is 46.0 Å². The number of nitrogens with one attached hydrogen (secondary N) is 2. The Hall–Kier alpha value is -2.69. The number of carbonyl (C=O) groups excluding carboxylic acids is 4. The van der Waals surface area contributed by atoms with Gasteiger partial charge in [0.15, 0.2) is 0 Å². The van der Waals surface area contributed by atoms with Crippen LogP contribution < -0.4 is 27.8 Å². The van der Waals surface area contributed by atoms with E-state index in [1.807, 2.05) is 6.92 Å². The fourth-order valence-electron chi connectivity index (χ4n) is 2.15. The number of hydrogen-bond acceptors (Lipinski definition) is 6. The number of hydrogen-bond donors (Lipinski definition) is 6. The van der Waals surface area contributed by atoms with Crippen LogP contribution in [0.5, 0.6) is 0 Å². The molecule has 0 aromatic rings. The summed E-state index contributed by atoms with van der Waals surface area (Å²) in [5.41, 5.74) is 15.9. The minimum atomic E-state index is -1.37. The van der Waals surface area contributed by atoms with Gasteiger partial charge in [-0.05, 0) is 18.8 Å². The third-order valence-electron chi connectivity index (χ3n) is 4.17. The zero-order valence-corrected chi connectivity index (χ0v) is 15.6. The summed E-state index contributed by atoms with van der Waals surface area (Å²) in [7, 11) is 0. The summed E-state index contributed by atoms with van der Waals surface area (Å²) in [5, 5.41) is 13.8. The van der Waals surface area contributed by atoms with Crippen LogP contribution in [0, 0.1) is 5.92 Å². The first-order chi connectivity index (χ1) is 12.5. The molecule has 4 amide bonds. The number of primary amides is 2. The van der Waals surface area contributed by atoms with E-state index >= 15 is 0 Å². The molecule has 0 aliphatic carbocycles. The van der Waals surface area contributed by atoms with Gasteiger partial charge in [0.1, 0.15) is 12.1 Å². The molecular weight excluding hydrogens is 358 g/mol. The summed E-state index contributed by atoms with van der Waals surface area (Å²) < 4.78 is 0. The van der Waals surface area contributed by atoms with Crippen molar-refractivity contribution in [1.82, 2.24) is 10.6 Å². The zero-order valence-electron chi connectivity index (χ0n) is 15.6. The highest BCUT2D eigenvalue weighted by molar-refractivity contribution is 5.92. The topological polar surface area (TPSA) is 208 Å². The lowest BCUT2D eigenvalue weighted by atomic mass is 9.98. The number of rotatable bonds is 13. The molecule has 0 spiro atoms. The number of carboxylic acid groups (broad SMARTS) is 1. The first kappa shape index (κ1) is 24.3. The Kier molecular flexibility index (Phi) is 10.7. The van der Waals surface area contributed by atoms with E-state index in [-0.39, 0.29) is 31.6 Å². The van der Waals surface area contributed by atoms with Crippen LogP contribution in [-0.4, -0.2) is 52.8 Å². The third kappa shape index (κ3) is 9.54. The minimum Gasteiger partial charge on any atom is -0.480 e. The molecule has 0 saturated heterocycles. The Morgan fingerprint density at radius 2 is 1.33 bits per heavy atom. The van der Waals surface area contributed by atoms with Crippen LogP contribution >= 0.6 is 0 Å². The van der Waals surface area contributed by atoms with Crippen molar-refractivity contribution >= 4 is 29.6 Å². The predicted molar refractivity (Wildman–Crippen MR) is 95.8 cm³/mol. The second-order valence-corrected chi connectivity index (χ2v) is 6.38. The lowest BCUT2D eigenvalue weighted by Gasteiger charge is -2.24. The number of carbonyl (C=O) groups is 5. The highest BCUT2D eigenvalue weighted by Gasteiger charge is 2.29. The number of aliphatic carboxylic acids is 1. The first-order valence-electron chi connectivity index (χ1n) is 8.65. The lowest BCUT2D eigenvalue weighted by molar-refractivity contribution is -0.142. The van der Waals surface area contributed by atoms with Crippen LogP contribution in [0.25, 0.3) is 0 Å². The predicted octanol–water partition coefficient (Wildman–Crippen LogP) is -2.05. The van der Waals surface area contributed by atoms with Crippen LogP contribution in [0.4, 0.5) is 0 Å². The molecular formula is C16H29N5O6. The molecule has 0 aliphatic heterocycles. The molecule has 0 unspecified atom stereocenters. The molecule has 0 radical (unpaired) electrons. The summed E-state index contributed by atoms with van der Waals surface area (Å²) in [6, 6.07) is -3.44. The van der Waals surface area contributed by atoms with E-state index in [9.17, 15) is 24.0 Å². The monoisotopic (exact) mass is 387 g/mol. The Morgan fingerprint density at radius 3 is 1.74 bits per heavy atom. The molecule has 0 aromatic heterocycles. The maximum absolute atomic E-state index is 12.4. The fourth-order valence-corrected chi connectivity index (χ4v) is 2.15. The van der Waals surface area contributed by atoms with Crippen LogP contribution in [0.2, 0.25) is 0 Å². The quantitative estimate of drug-likeness (QED) is 0.208. The second kappa shape index (κ2) is 11.8. The average molecular weight is 387 g/mol. The molecule has 4 atom stereocenters. The molecule has 27 heavy (non-hydrogen) atoms. The van der Waals surface area contributed by atoms with Gasteiger partial charge in [0.2, 0.25) is 23.6 Å². The van der Waals surface area contributed by atoms with Crippen molar-refractivity contribution in [3.63, 3.8) is 0 Å². The van der Waals surface area contributed by atoms with Crippen molar-refractivity contribution in [2.45, 2.75) is 64.1 Å². The largest absolute Gasteiger partial charge is 0.480 e. The van der Waals surface area contributed by atoms with Gasteiger partial charge in [-0.25, -0.2) is 4.79 Å². The normalized spacial score (nSPS) is 15.1.